The average Bonchev–Trinajstić information content (AvgIpc) is 2.36. The van der Waals surface area contributed by atoms with Gasteiger partial charge in [0, 0.05) is 5.69 Å². The van der Waals surface area contributed by atoms with E-state index >= 15 is 0 Å². The molecule has 1 aromatic rings. The van der Waals surface area contributed by atoms with Gasteiger partial charge in [0.1, 0.15) is 5.69 Å². The molecule has 1 aromatic heterocycles. The van der Waals surface area contributed by atoms with E-state index in [1.807, 2.05) is 33.9 Å². The molecule has 0 radical (unpaired) electrons. The Morgan fingerprint density at radius 2 is 1.71 bits per heavy atom. The standard InChI is InChI=1S/C14H22F3NO4SSi/c1-10-7-8-12(22-23(19,20)14(15,16)17)11(18-10)9-21-24(5,6)13(2,3)4/h7-8H,9H2,1-6H3. The first kappa shape index (κ1) is 20.9. The van der Waals surface area contributed by atoms with Crippen LogP contribution in [0.2, 0.25) is 18.1 Å². The van der Waals surface area contributed by atoms with Crippen molar-refractivity contribution in [3.05, 3.63) is 23.5 Å². The van der Waals surface area contributed by atoms with E-state index in [1.54, 1.807) is 6.92 Å². The summed E-state index contributed by atoms with van der Waals surface area (Å²) in [5.41, 5.74) is -4.97. The highest BCUT2D eigenvalue weighted by atomic mass is 32.2. The summed E-state index contributed by atoms with van der Waals surface area (Å²) in [5, 5.41) is -0.115. The Morgan fingerprint density at radius 1 is 1.17 bits per heavy atom. The molecule has 0 saturated carbocycles. The molecule has 10 heteroatoms. The van der Waals surface area contributed by atoms with Gasteiger partial charge >= 0.3 is 15.6 Å². The molecular formula is C14H22F3NO4SSi. The van der Waals surface area contributed by atoms with Gasteiger partial charge in [0.15, 0.2) is 14.1 Å². The van der Waals surface area contributed by atoms with Gasteiger partial charge in [0.2, 0.25) is 0 Å². The van der Waals surface area contributed by atoms with Crippen molar-refractivity contribution in [2.45, 2.75) is 57.9 Å². The minimum absolute atomic E-state index is 0.0210. The number of aryl methyl sites for hydroxylation is 1. The molecule has 0 saturated heterocycles. The Hall–Kier alpha value is -1.13. The third-order valence-corrected chi connectivity index (χ3v) is 9.37. The Balaban J connectivity index is 3.11. The third-order valence-electron chi connectivity index (χ3n) is 3.93. The van der Waals surface area contributed by atoms with E-state index in [-0.39, 0.29) is 17.3 Å². The summed E-state index contributed by atoms with van der Waals surface area (Å²) >= 11 is 0. The fourth-order valence-corrected chi connectivity index (χ4v) is 2.82. The quantitative estimate of drug-likeness (QED) is 0.433. The molecule has 0 bridgehead atoms. The maximum Gasteiger partial charge on any atom is 0.534 e. The maximum absolute atomic E-state index is 12.5. The summed E-state index contributed by atoms with van der Waals surface area (Å²) in [5.74, 6) is -0.475. The van der Waals surface area contributed by atoms with Gasteiger partial charge in [-0.3, -0.25) is 4.98 Å². The lowest BCUT2D eigenvalue weighted by Crippen LogP contribution is -2.40. The predicted molar refractivity (Wildman–Crippen MR) is 86.6 cm³/mol. The van der Waals surface area contributed by atoms with Crippen LogP contribution in [0, 0.1) is 6.92 Å². The van der Waals surface area contributed by atoms with Crippen molar-refractivity contribution >= 4 is 18.4 Å². The molecule has 0 amide bonds. The first-order chi connectivity index (χ1) is 10.6. The molecule has 1 heterocycles. The zero-order valence-corrected chi connectivity index (χ0v) is 16.3. The number of nitrogens with zero attached hydrogens (tertiary/aromatic N) is 1. The second-order valence-corrected chi connectivity index (χ2v) is 13.3. The number of alkyl halides is 3. The van der Waals surface area contributed by atoms with Crippen molar-refractivity contribution in [3.63, 3.8) is 0 Å². The zero-order chi connectivity index (χ0) is 19.0. The van der Waals surface area contributed by atoms with Crippen LogP contribution in [-0.2, 0) is 21.2 Å². The molecule has 24 heavy (non-hydrogen) atoms. The molecule has 138 valence electrons. The van der Waals surface area contributed by atoms with Crippen LogP contribution in [0.4, 0.5) is 13.2 Å². The van der Waals surface area contributed by atoms with Gasteiger partial charge in [-0.2, -0.15) is 21.6 Å². The molecule has 0 N–H and O–H groups in total. The van der Waals surface area contributed by atoms with Crippen LogP contribution in [-0.4, -0.2) is 27.2 Å². The highest BCUT2D eigenvalue weighted by Crippen LogP contribution is 2.37. The van der Waals surface area contributed by atoms with E-state index < -0.39 is 29.7 Å². The average molecular weight is 385 g/mol. The summed E-state index contributed by atoms with van der Waals surface area (Å²) in [4.78, 5) is 4.06. The highest BCUT2D eigenvalue weighted by Gasteiger charge is 2.49. The third kappa shape index (κ3) is 4.93. The van der Waals surface area contributed by atoms with E-state index in [2.05, 4.69) is 9.17 Å². The molecule has 0 atom stereocenters. The van der Waals surface area contributed by atoms with Gasteiger partial charge < -0.3 is 8.61 Å². The van der Waals surface area contributed by atoms with E-state index in [9.17, 15) is 21.6 Å². The van der Waals surface area contributed by atoms with Gasteiger partial charge in [-0.15, -0.1) is 0 Å². The molecule has 0 aliphatic rings. The molecule has 0 unspecified atom stereocenters. The van der Waals surface area contributed by atoms with Gasteiger partial charge in [0.25, 0.3) is 0 Å². The maximum atomic E-state index is 12.5. The summed E-state index contributed by atoms with van der Waals surface area (Å²) < 4.78 is 70.1. The van der Waals surface area contributed by atoms with Crippen LogP contribution in [0.25, 0.3) is 0 Å². The Bertz CT molecular complexity index is 697. The Morgan fingerprint density at radius 3 is 2.17 bits per heavy atom. The number of hydrogen-bond acceptors (Lipinski definition) is 5. The van der Waals surface area contributed by atoms with Gasteiger partial charge in [0.05, 0.1) is 6.61 Å². The minimum Gasteiger partial charge on any atom is -0.411 e. The molecule has 0 aromatic carbocycles. The summed E-state index contributed by atoms with van der Waals surface area (Å²) in [6.07, 6.45) is 0. The molecule has 1 rings (SSSR count). The lowest BCUT2D eigenvalue weighted by molar-refractivity contribution is -0.0500. The lowest BCUT2D eigenvalue weighted by Gasteiger charge is -2.36. The van der Waals surface area contributed by atoms with Crippen LogP contribution < -0.4 is 4.18 Å². The van der Waals surface area contributed by atoms with E-state index in [0.29, 0.717) is 5.69 Å². The van der Waals surface area contributed by atoms with Crippen molar-refractivity contribution in [2.75, 3.05) is 0 Å². The minimum atomic E-state index is -5.75. The second kappa shape index (κ2) is 6.64. The molecule has 0 spiro atoms. The van der Waals surface area contributed by atoms with E-state index in [1.165, 1.54) is 6.07 Å². The highest BCUT2D eigenvalue weighted by molar-refractivity contribution is 7.88. The predicted octanol–water partition coefficient (Wildman–Crippen LogP) is 4.14. The zero-order valence-electron chi connectivity index (χ0n) is 14.5. The number of aromatic nitrogens is 1. The molecule has 0 fully saturated rings. The largest absolute Gasteiger partial charge is 0.534 e. The van der Waals surface area contributed by atoms with Crippen LogP contribution >= 0.6 is 0 Å². The van der Waals surface area contributed by atoms with Crippen molar-refractivity contribution < 1.29 is 30.2 Å². The smallest absolute Gasteiger partial charge is 0.411 e. The Labute approximate surface area is 141 Å². The van der Waals surface area contributed by atoms with Crippen LogP contribution in [0.15, 0.2) is 12.1 Å². The monoisotopic (exact) mass is 385 g/mol. The Kier molecular flexibility index (Phi) is 5.79. The number of pyridine rings is 1. The van der Waals surface area contributed by atoms with Crippen molar-refractivity contribution in [1.29, 1.82) is 0 Å². The fourth-order valence-electron chi connectivity index (χ4n) is 1.41. The second-order valence-electron chi connectivity index (χ2n) is 6.93. The fraction of sp³-hybridized carbons (Fsp3) is 0.643. The number of halogens is 3. The van der Waals surface area contributed by atoms with Crippen LogP contribution in [0.5, 0.6) is 5.75 Å². The van der Waals surface area contributed by atoms with Gasteiger partial charge in [-0.05, 0) is 37.2 Å². The first-order valence-electron chi connectivity index (χ1n) is 7.18. The summed E-state index contributed by atoms with van der Waals surface area (Å²) in [6.45, 7) is 11.5. The number of hydrogen-bond donors (Lipinski definition) is 0. The van der Waals surface area contributed by atoms with Crippen LogP contribution in [0.1, 0.15) is 32.2 Å². The van der Waals surface area contributed by atoms with Crippen molar-refractivity contribution in [2.24, 2.45) is 0 Å². The topological polar surface area (TPSA) is 65.5 Å². The molecule has 0 aliphatic carbocycles. The van der Waals surface area contributed by atoms with Gasteiger partial charge in [-0.25, -0.2) is 0 Å². The lowest BCUT2D eigenvalue weighted by atomic mass is 10.2. The summed E-state index contributed by atoms with van der Waals surface area (Å²) in [6, 6.07) is 2.52. The number of rotatable bonds is 5. The van der Waals surface area contributed by atoms with Crippen molar-refractivity contribution in [1.82, 2.24) is 4.98 Å². The molecule has 5 nitrogen and oxygen atoms in total. The van der Waals surface area contributed by atoms with E-state index in [4.69, 9.17) is 4.43 Å². The normalized spacial score (nSPS) is 13.9. The first-order valence-corrected chi connectivity index (χ1v) is 11.5. The SMILES string of the molecule is Cc1ccc(OS(=O)(=O)C(F)(F)F)c(CO[Si](C)(C)C(C)(C)C)n1. The van der Waals surface area contributed by atoms with Crippen LogP contribution in [0.3, 0.4) is 0 Å². The summed E-state index contributed by atoms with van der Waals surface area (Å²) in [7, 11) is -7.94. The molecular weight excluding hydrogens is 363 g/mol. The van der Waals surface area contributed by atoms with Crippen molar-refractivity contribution in [3.8, 4) is 5.75 Å². The van der Waals surface area contributed by atoms with Gasteiger partial charge in [-0.1, -0.05) is 20.8 Å². The van der Waals surface area contributed by atoms with E-state index in [0.717, 1.165) is 6.07 Å². The molecule has 0 aliphatic heterocycles.